The summed E-state index contributed by atoms with van der Waals surface area (Å²) in [6.45, 7) is 4.05. The van der Waals surface area contributed by atoms with E-state index in [4.69, 9.17) is 16.9 Å². The molecule has 0 spiro atoms. The lowest BCUT2D eigenvalue weighted by atomic mass is 9.99. The molecule has 0 saturated carbocycles. The molecule has 0 aliphatic carbocycles. The van der Waals surface area contributed by atoms with Crippen LogP contribution in [0.25, 0.3) is 16.7 Å². The fourth-order valence-corrected chi connectivity index (χ4v) is 3.50. The third-order valence-electron chi connectivity index (χ3n) is 5.05. The smallest absolute Gasteiger partial charge is 0.258 e. The van der Waals surface area contributed by atoms with Crippen LogP contribution in [0.2, 0.25) is 5.02 Å². The normalized spacial score (nSPS) is 11.2. The van der Waals surface area contributed by atoms with Crippen molar-refractivity contribution in [3.63, 3.8) is 0 Å². The molecule has 3 aromatic rings. The molecule has 0 heterocycles. The van der Waals surface area contributed by atoms with Crippen molar-refractivity contribution < 1.29 is 9.59 Å². The van der Waals surface area contributed by atoms with Crippen molar-refractivity contribution in [3.05, 3.63) is 102 Å². The standard InChI is InChI=1S/C26H22ClN3O2/c1-18(19-8-4-3-5-9-19)16-24(26(32)30(2)17-28)29-25(31)21-14-12-20(13-15-21)22-10-6-7-11-23(22)27/h3-15,24H,1,16H2,2H3,(H,29,31)/t24-/m0/s1. The van der Waals surface area contributed by atoms with Gasteiger partial charge in [0.1, 0.15) is 6.04 Å². The highest BCUT2D eigenvalue weighted by atomic mass is 35.5. The zero-order chi connectivity index (χ0) is 23.1. The molecule has 32 heavy (non-hydrogen) atoms. The van der Waals surface area contributed by atoms with Crippen LogP contribution in [0.3, 0.4) is 0 Å². The summed E-state index contributed by atoms with van der Waals surface area (Å²) >= 11 is 6.25. The van der Waals surface area contributed by atoms with Crippen LogP contribution in [0.4, 0.5) is 0 Å². The van der Waals surface area contributed by atoms with Crippen molar-refractivity contribution in [2.45, 2.75) is 12.5 Å². The Bertz CT molecular complexity index is 1170. The second kappa shape index (κ2) is 10.4. The third kappa shape index (κ3) is 5.42. The minimum absolute atomic E-state index is 0.179. The summed E-state index contributed by atoms with van der Waals surface area (Å²) in [6, 6.07) is 22.9. The number of amides is 2. The predicted molar refractivity (Wildman–Crippen MR) is 127 cm³/mol. The molecule has 2 amide bonds. The molecule has 0 aromatic heterocycles. The minimum Gasteiger partial charge on any atom is -0.340 e. The number of carbonyl (C=O) groups is 2. The highest BCUT2D eigenvalue weighted by Gasteiger charge is 2.25. The number of halogens is 1. The Kier molecular flexibility index (Phi) is 7.43. The van der Waals surface area contributed by atoms with E-state index in [1.807, 2.05) is 48.5 Å². The van der Waals surface area contributed by atoms with Crippen LogP contribution in [0.5, 0.6) is 0 Å². The van der Waals surface area contributed by atoms with Crippen molar-refractivity contribution in [2.75, 3.05) is 7.05 Å². The number of benzene rings is 3. The van der Waals surface area contributed by atoms with E-state index >= 15 is 0 Å². The van der Waals surface area contributed by atoms with E-state index in [1.54, 1.807) is 36.5 Å². The van der Waals surface area contributed by atoms with Crippen molar-refractivity contribution in [3.8, 4) is 17.3 Å². The van der Waals surface area contributed by atoms with E-state index in [9.17, 15) is 9.59 Å². The molecule has 6 heteroatoms. The average Bonchev–Trinajstić information content (AvgIpc) is 2.83. The zero-order valence-electron chi connectivity index (χ0n) is 17.6. The van der Waals surface area contributed by atoms with E-state index < -0.39 is 17.9 Å². The lowest BCUT2D eigenvalue weighted by Crippen LogP contribution is -2.46. The van der Waals surface area contributed by atoms with Crippen molar-refractivity contribution in [2.24, 2.45) is 0 Å². The molecule has 1 N–H and O–H groups in total. The van der Waals surface area contributed by atoms with Crippen LogP contribution in [0, 0.1) is 11.5 Å². The minimum atomic E-state index is -0.928. The van der Waals surface area contributed by atoms with Crippen LogP contribution in [0.15, 0.2) is 85.4 Å². The number of nitrogens with one attached hydrogen (secondary N) is 1. The Hall–Kier alpha value is -3.88. The Morgan fingerprint density at radius 2 is 1.62 bits per heavy atom. The maximum absolute atomic E-state index is 12.9. The molecule has 0 bridgehead atoms. The summed E-state index contributed by atoms with van der Waals surface area (Å²) in [6.07, 6.45) is 1.97. The topological polar surface area (TPSA) is 73.2 Å². The molecular weight excluding hydrogens is 422 g/mol. The quantitative estimate of drug-likeness (QED) is 0.405. The van der Waals surface area contributed by atoms with Gasteiger partial charge in [0.05, 0.1) is 0 Å². The molecule has 5 nitrogen and oxygen atoms in total. The molecule has 0 aliphatic rings. The fourth-order valence-electron chi connectivity index (χ4n) is 3.26. The van der Waals surface area contributed by atoms with Gasteiger partial charge in [0, 0.05) is 29.6 Å². The maximum Gasteiger partial charge on any atom is 0.258 e. The fraction of sp³-hybridized carbons (Fsp3) is 0.115. The Morgan fingerprint density at radius 1 is 1.00 bits per heavy atom. The highest BCUT2D eigenvalue weighted by Crippen LogP contribution is 2.27. The van der Waals surface area contributed by atoms with Gasteiger partial charge in [-0.15, -0.1) is 0 Å². The van der Waals surface area contributed by atoms with E-state index in [1.165, 1.54) is 7.05 Å². The maximum atomic E-state index is 12.9. The SMILES string of the molecule is C=C(C[C@H](NC(=O)c1ccc(-c2ccccc2Cl)cc1)C(=O)N(C)C#N)c1ccccc1. The van der Waals surface area contributed by atoms with E-state index in [0.717, 1.165) is 21.6 Å². The largest absolute Gasteiger partial charge is 0.340 e. The van der Waals surface area contributed by atoms with E-state index in [2.05, 4.69) is 11.9 Å². The summed E-state index contributed by atoms with van der Waals surface area (Å²) in [5.41, 5.74) is 3.68. The number of carbonyl (C=O) groups excluding carboxylic acids is 2. The molecule has 0 aliphatic heterocycles. The summed E-state index contributed by atoms with van der Waals surface area (Å²) in [5, 5.41) is 12.5. The van der Waals surface area contributed by atoms with Crippen LogP contribution in [-0.2, 0) is 4.79 Å². The molecule has 0 saturated heterocycles. The van der Waals surface area contributed by atoms with Gasteiger partial charge in [-0.25, -0.2) is 0 Å². The molecule has 0 radical (unpaired) electrons. The van der Waals surface area contributed by atoms with Gasteiger partial charge in [-0.05, 0) is 34.9 Å². The van der Waals surface area contributed by atoms with Gasteiger partial charge in [0.2, 0.25) is 0 Å². The molecular formula is C26H22ClN3O2. The molecule has 0 unspecified atom stereocenters. The van der Waals surface area contributed by atoms with E-state index in [0.29, 0.717) is 16.2 Å². The summed E-state index contributed by atoms with van der Waals surface area (Å²) in [4.78, 5) is 26.5. The number of hydrogen-bond acceptors (Lipinski definition) is 3. The first-order valence-electron chi connectivity index (χ1n) is 9.97. The predicted octanol–water partition coefficient (Wildman–Crippen LogP) is 5.15. The highest BCUT2D eigenvalue weighted by molar-refractivity contribution is 6.33. The van der Waals surface area contributed by atoms with Crippen LogP contribution in [0.1, 0.15) is 22.3 Å². The first kappa shape index (κ1) is 22.8. The Balaban J connectivity index is 1.78. The summed E-state index contributed by atoms with van der Waals surface area (Å²) in [5.74, 6) is -0.924. The van der Waals surface area contributed by atoms with Gasteiger partial charge in [-0.1, -0.05) is 78.8 Å². The van der Waals surface area contributed by atoms with Crippen molar-refractivity contribution >= 4 is 29.0 Å². The Labute approximate surface area is 192 Å². The lowest BCUT2D eigenvalue weighted by molar-refractivity contribution is -0.129. The molecule has 0 fully saturated rings. The number of nitriles is 1. The number of hydrogen-bond donors (Lipinski definition) is 1. The van der Waals surface area contributed by atoms with Gasteiger partial charge in [-0.3, -0.25) is 14.5 Å². The van der Waals surface area contributed by atoms with Gasteiger partial charge in [0.25, 0.3) is 11.8 Å². The van der Waals surface area contributed by atoms with Gasteiger partial charge < -0.3 is 5.32 Å². The second-order valence-electron chi connectivity index (χ2n) is 7.25. The van der Waals surface area contributed by atoms with Crippen molar-refractivity contribution in [1.82, 2.24) is 10.2 Å². The van der Waals surface area contributed by atoms with E-state index in [-0.39, 0.29) is 6.42 Å². The summed E-state index contributed by atoms with van der Waals surface area (Å²) in [7, 11) is 1.37. The van der Waals surface area contributed by atoms with Gasteiger partial charge >= 0.3 is 0 Å². The number of rotatable bonds is 7. The number of nitrogens with zero attached hydrogens (tertiary/aromatic N) is 2. The lowest BCUT2D eigenvalue weighted by Gasteiger charge is -2.21. The molecule has 3 aromatic carbocycles. The molecule has 3 rings (SSSR count). The summed E-state index contributed by atoms with van der Waals surface area (Å²) < 4.78 is 0. The van der Waals surface area contributed by atoms with Crippen LogP contribution >= 0.6 is 11.6 Å². The monoisotopic (exact) mass is 443 g/mol. The molecule has 160 valence electrons. The van der Waals surface area contributed by atoms with Gasteiger partial charge in [-0.2, -0.15) is 5.26 Å². The number of likely N-dealkylation sites (N-methyl/N-ethyl adjacent to an activating group) is 1. The first-order valence-corrected chi connectivity index (χ1v) is 10.3. The van der Waals surface area contributed by atoms with Crippen LogP contribution in [-0.4, -0.2) is 29.8 Å². The first-order chi connectivity index (χ1) is 15.4. The van der Waals surface area contributed by atoms with Crippen molar-refractivity contribution in [1.29, 1.82) is 5.26 Å². The second-order valence-corrected chi connectivity index (χ2v) is 7.66. The Morgan fingerprint density at radius 3 is 2.25 bits per heavy atom. The van der Waals surface area contributed by atoms with Gasteiger partial charge in [0.15, 0.2) is 6.19 Å². The zero-order valence-corrected chi connectivity index (χ0v) is 18.3. The van der Waals surface area contributed by atoms with Crippen LogP contribution < -0.4 is 5.32 Å². The average molecular weight is 444 g/mol. The molecule has 1 atom stereocenters. The third-order valence-corrected chi connectivity index (χ3v) is 5.38.